The van der Waals surface area contributed by atoms with Crippen LogP contribution in [0.15, 0.2) is 94.7 Å². The average molecular weight is 507 g/mol. The van der Waals surface area contributed by atoms with Crippen LogP contribution < -0.4 is 0 Å². The number of fused-ring (bicyclic) bond motifs is 2. The van der Waals surface area contributed by atoms with E-state index in [0.29, 0.717) is 0 Å². The molecule has 0 aliphatic rings. The summed E-state index contributed by atoms with van der Waals surface area (Å²) in [5.74, 6) is 0. The predicted molar refractivity (Wildman–Crippen MR) is 155 cm³/mol. The molecule has 0 aromatic heterocycles. The van der Waals surface area contributed by atoms with Crippen LogP contribution in [-0.4, -0.2) is 10.2 Å². The van der Waals surface area contributed by atoms with Crippen molar-refractivity contribution in [1.29, 1.82) is 0 Å². The molecule has 0 unspecified atom stereocenters. The minimum Gasteiger partial charge on any atom is -0.287 e. The Kier molecular flexibility index (Phi) is 6.74. The lowest BCUT2D eigenvalue weighted by molar-refractivity contribution is -0.109. The Balaban J connectivity index is 1.49. The van der Waals surface area contributed by atoms with Crippen molar-refractivity contribution in [3.05, 3.63) is 96.1 Å². The molecule has 5 rings (SSSR count). The van der Waals surface area contributed by atoms with Gasteiger partial charge in [0, 0.05) is 23.6 Å². The van der Waals surface area contributed by atoms with Crippen molar-refractivity contribution in [2.45, 2.75) is 37.5 Å². The van der Waals surface area contributed by atoms with Gasteiger partial charge >= 0.3 is 0 Å². The SMILES string of the molecule is CC(=O)Sc1ccc2cc(-c3cc(C)c(-c4ccc5cc(SC(C)=O)ccc5c4)cc3C)ccc2c1. The molecule has 2 nitrogen and oxygen atoms in total. The molecule has 0 saturated carbocycles. The molecule has 0 fully saturated rings. The molecule has 4 heteroatoms. The van der Waals surface area contributed by atoms with Gasteiger partial charge in [-0.2, -0.15) is 0 Å². The molecule has 0 amide bonds. The Labute approximate surface area is 220 Å². The highest BCUT2D eigenvalue weighted by atomic mass is 32.2. The van der Waals surface area contributed by atoms with Gasteiger partial charge in [-0.05, 0) is 105 Å². The van der Waals surface area contributed by atoms with Crippen molar-refractivity contribution in [2.24, 2.45) is 0 Å². The van der Waals surface area contributed by atoms with Crippen LogP contribution in [0.4, 0.5) is 0 Å². The molecule has 36 heavy (non-hydrogen) atoms. The lowest BCUT2D eigenvalue weighted by atomic mass is 9.90. The van der Waals surface area contributed by atoms with Crippen LogP contribution in [0, 0.1) is 13.8 Å². The van der Waals surface area contributed by atoms with Crippen molar-refractivity contribution >= 4 is 55.3 Å². The molecule has 0 heterocycles. The number of thioether (sulfide) groups is 2. The summed E-state index contributed by atoms with van der Waals surface area (Å²) in [6.45, 7) is 7.52. The van der Waals surface area contributed by atoms with Gasteiger partial charge in [-0.15, -0.1) is 0 Å². The highest BCUT2D eigenvalue weighted by Gasteiger charge is 2.11. The summed E-state index contributed by atoms with van der Waals surface area (Å²) in [5.41, 5.74) is 7.30. The van der Waals surface area contributed by atoms with Gasteiger partial charge in [-0.3, -0.25) is 9.59 Å². The second kappa shape index (κ2) is 9.96. The van der Waals surface area contributed by atoms with Crippen LogP contribution in [0.1, 0.15) is 25.0 Å². The van der Waals surface area contributed by atoms with Crippen molar-refractivity contribution in [2.75, 3.05) is 0 Å². The van der Waals surface area contributed by atoms with Crippen molar-refractivity contribution in [3.8, 4) is 22.3 Å². The summed E-state index contributed by atoms with van der Waals surface area (Å²) >= 11 is 2.54. The summed E-state index contributed by atoms with van der Waals surface area (Å²) < 4.78 is 0. The van der Waals surface area contributed by atoms with Crippen molar-refractivity contribution in [1.82, 2.24) is 0 Å². The van der Waals surface area contributed by atoms with E-state index in [1.807, 2.05) is 12.1 Å². The van der Waals surface area contributed by atoms with Gasteiger partial charge in [0.25, 0.3) is 0 Å². The normalized spacial score (nSPS) is 11.2. The van der Waals surface area contributed by atoms with Gasteiger partial charge in [0.15, 0.2) is 10.2 Å². The largest absolute Gasteiger partial charge is 0.287 e. The topological polar surface area (TPSA) is 34.1 Å². The molecule has 0 saturated heterocycles. The number of benzene rings is 5. The molecule has 0 spiro atoms. The Morgan fingerprint density at radius 3 is 1.25 bits per heavy atom. The van der Waals surface area contributed by atoms with Gasteiger partial charge in [0.1, 0.15) is 0 Å². The predicted octanol–water partition coefficient (Wildman–Crippen LogP) is 9.22. The first kappa shape index (κ1) is 24.4. The van der Waals surface area contributed by atoms with Crippen LogP contribution in [-0.2, 0) is 9.59 Å². The maximum Gasteiger partial charge on any atom is 0.190 e. The summed E-state index contributed by atoms with van der Waals surface area (Å²) in [5, 5.41) is 4.80. The number of hydrogen-bond donors (Lipinski definition) is 0. The fraction of sp³-hybridized carbons (Fsp3) is 0.125. The molecule has 0 atom stereocenters. The number of carbonyl (C=O) groups excluding carboxylic acids is 2. The molecule has 0 N–H and O–H groups in total. The van der Waals surface area contributed by atoms with Crippen LogP contribution in [0.3, 0.4) is 0 Å². The van der Waals surface area contributed by atoms with Gasteiger partial charge in [-0.1, -0.05) is 72.1 Å². The second-order valence-corrected chi connectivity index (χ2v) is 11.6. The molecule has 0 aliphatic carbocycles. The molecule has 5 aromatic rings. The zero-order valence-electron chi connectivity index (χ0n) is 20.7. The van der Waals surface area contributed by atoms with E-state index in [1.165, 1.54) is 67.7 Å². The van der Waals surface area contributed by atoms with Gasteiger partial charge < -0.3 is 0 Å². The highest BCUT2D eigenvalue weighted by Crippen LogP contribution is 2.35. The summed E-state index contributed by atoms with van der Waals surface area (Å²) in [4.78, 5) is 24.9. The number of hydrogen-bond acceptors (Lipinski definition) is 4. The van der Waals surface area contributed by atoms with E-state index in [0.717, 1.165) is 20.6 Å². The zero-order valence-corrected chi connectivity index (χ0v) is 22.3. The van der Waals surface area contributed by atoms with E-state index < -0.39 is 0 Å². The third-order valence-electron chi connectivity index (χ3n) is 6.34. The van der Waals surface area contributed by atoms with Gasteiger partial charge in [0.2, 0.25) is 0 Å². The number of carbonyl (C=O) groups is 2. The van der Waals surface area contributed by atoms with Crippen molar-refractivity contribution in [3.63, 3.8) is 0 Å². The maximum absolute atomic E-state index is 11.5. The minimum absolute atomic E-state index is 0.0975. The quantitative estimate of drug-likeness (QED) is 0.228. The molecule has 0 aliphatic heterocycles. The lowest BCUT2D eigenvalue weighted by Gasteiger charge is -2.14. The van der Waals surface area contributed by atoms with Crippen LogP contribution in [0.2, 0.25) is 0 Å². The fourth-order valence-electron chi connectivity index (χ4n) is 4.68. The molecular formula is C32H26O2S2. The molecule has 178 valence electrons. The maximum atomic E-state index is 11.5. The van der Waals surface area contributed by atoms with Crippen LogP contribution >= 0.6 is 23.5 Å². The van der Waals surface area contributed by atoms with Crippen LogP contribution in [0.5, 0.6) is 0 Å². The summed E-state index contributed by atoms with van der Waals surface area (Å²) in [6.07, 6.45) is 0. The Morgan fingerprint density at radius 2 is 0.861 bits per heavy atom. The average Bonchev–Trinajstić information content (AvgIpc) is 2.84. The van der Waals surface area contributed by atoms with E-state index in [2.05, 4.69) is 86.6 Å². The smallest absolute Gasteiger partial charge is 0.190 e. The monoisotopic (exact) mass is 506 g/mol. The van der Waals surface area contributed by atoms with Crippen molar-refractivity contribution < 1.29 is 9.59 Å². The molecule has 5 aromatic carbocycles. The summed E-state index contributed by atoms with van der Waals surface area (Å²) in [6, 6.07) is 30.0. The molecule has 0 radical (unpaired) electrons. The lowest BCUT2D eigenvalue weighted by Crippen LogP contribution is -1.91. The first-order valence-electron chi connectivity index (χ1n) is 11.8. The number of aryl methyl sites for hydroxylation is 2. The van der Waals surface area contributed by atoms with Gasteiger partial charge in [0.05, 0.1) is 0 Å². The van der Waals surface area contributed by atoms with E-state index in [1.54, 1.807) is 13.8 Å². The first-order valence-corrected chi connectivity index (χ1v) is 13.5. The minimum atomic E-state index is 0.0975. The third-order valence-corrected chi connectivity index (χ3v) is 7.89. The zero-order chi connectivity index (χ0) is 25.4. The first-order chi connectivity index (χ1) is 17.3. The standard InChI is InChI=1S/C32H26O2S2/c1-19-13-32(28-8-6-26-18-30(36-22(4)34)12-10-24(26)16-28)20(2)14-31(19)27-7-5-25-17-29(35-21(3)33)11-9-23(25)15-27/h5-18H,1-4H3. The van der Waals surface area contributed by atoms with E-state index in [4.69, 9.17) is 0 Å². The van der Waals surface area contributed by atoms with E-state index in [-0.39, 0.29) is 10.2 Å². The van der Waals surface area contributed by atoms with Crippen LogP contribution in [0.25, 0.3) is 43.8 Å². The Bertz CT molecular complexity index is 1540. The summed E-state index contributed by atoms with van der Waals surface area (Å²) in [7, 11) is 0. The van der Waals surface area contributed by atoms with Gasteiger partial charge in [-0.25, -0.2) is 0 Å². The molecule has 0 bridgehead atoms. The van der Waals surface area contributed by atoms with E-state index in [9.17, 15) is 9.59 Å². The molecular weight excluding hydrogens is 480 g/mol. The Morgan fingerprint density at radius 1 is 0.500 bits per heavy atom. The Hall–Kier alpha value is -3.34. The second-order valence-electron chi connectivity index (χ2n) is 9.12. The number of rotatable bonds is 4. The third kappa shape index (κ3) is 5.11. The fourth-order valence-corrected chi connectivity index (χ4v) is 5.99. The highest BCUT2D eigenvalue weighted by molar-refractivity contribution is 8.13. The van der Waals surface area contributed by atoms with E-state index >= 15 is 0 Å².